The lowest BCUT2D eigenvalue weighted by molar-refractivity contribution is 0.0940. The molecule has 3 rings (SSSR count). The van der Waals surface area contributed by atoms with E-state index in [4.69, 9.17) is 5.73 Å². The van der Waals surface area contributed by atoms with Crippen molar-refractivity contribution in [1.82, 2.24) is 25.1 Å². The van der Waals surface area contributed by atoms with E-state index in [2.05, 4.69) is 20.4 Å². The van der Waals surface area contributed by atoms with Crippen LogP contribution in [0, 0.1) is 13.8 Å². The minimum atomic E-state index is -0.246. The lowest BCUT2D eigenvalue weighted by Crippen LogP contribution is -2.28. The first-order chi connectivity index (χ1) is 12.9. The Kier molecular flexibility index (Phi) is 5.21. The van der Waals surface area contributed by atoms with Crippen LogP contribution < -0.4 is 11.1 Å². The van der Waals surface area contributed by atoms with Gasteiger partial charge in [0.15, 0.2) is 0 Å². The van der Waals surface area contributed by atoms with Crippen molar-refractivity contribution in [3.8, 4) is 11.3 Å². The maximum Gasteiger partial charge on any atom is 0.255 e. The summed E-state index contributed by atoms with van der Waals surface area (Å²) < 4.78 is 1.94. The highest BCUT2D eigenvalue weighted by Gasteiger charge is 2.22. The molecule has 3 aromatic rings. The molecule has 0 aliphatic rings. The van der Waals surface area contributed by atoms with Gasteiger partial charge in [0.1, 0.15) is 0 Å². The molecule has 0 bridgehead atoms. The van der Waals surface area contributed by atoms with E-state index in [0.29, 0.717) is 11.3 Å². The van der Waals surface area contributed by atoms with Gasteiger partial charge in [-0.05, 0) is 27.7 Å². The summed E-state index contributed by atoms with van der Waals surface area (Å²) in [6.45, 7) is 8.76. The number of aromatic nitrogens is 4. The van der Waals surface area contributed by atoms with Crippen LogP contribution in [0.1, 0.15) is 47.2 Å². The van der Waals surface area contributed by atoms with Crippen molar-refractivity contribution in [3.63, 3.8) is 0 Å². The van der Waals surface area contributed by atoms with Gasteiger partial charge < -0.3 is 11.1 Å². The molecule has 7 heteroatoms. The van der Waals surface area contributed by atoms with E-state index >= 15 is 0 Å². The zero-order valence-electron chi connectivity index (χ0n) is 16.0. The van der Waals surface area contributed by atoms with Crippen molar-refractivity contribution in [2.75, 3.05) is 5.73 Å². The van der Waals surface area contributed by atoms with Gasteiger partial charge in [0.2, 0.25) is 5.95 Å². The lowest BCUT2D eigenvalue weighted by Gasteiger charge is -2.16. The number of anilines is 1. The highest BCUT2D eigenvalue weighted by atomic mass is 16.1. The van der Waals surface area contributed by atoms with Gasteiger partial charge in [-0.25, -0.2) is 9.97 Å². The highest BCUT2D eigenvalue weighted by Crippen LogP contribution is 2.24. The monoisotopic (exact) mass is 364 g/mol. The second-order valence-electron chi connectivity index (χ2n) is 6.45. The Morgan fingerprint density at radius 2 is 1.96 bits per heavy atom. The molecule has 0 saturated carbocycles. The number of aryl methyl sites for hydroxylation is 2. The largest absolute Gasteiger partial charge is 0.368 e. The first-order valence-electron chi connectivity index (χ1n) is 8.95. The molecular weight excluding hydrogens is 340 g/mol. The van der Waals surface area contributed by atoms with Crippen LogP contribution in [0.25, 0.3) is 11.3 Å². The second kappa shape index (κ2) is 7.57. The SMILES string of the molecule is CCn1nc(C)c([C@@H](C)NC(=O)c2cnc(N)nc2-c2ccccc2)c1C. The summed E-state index contributed by atoms with van der Waals surface area (Å²) in [5.41, 5.74) is 10.5. The number of hydrogen-bond acceptors (Lipinski definition) is 5. The first kappa shape index (κ1) is 18.6. The molecule has 1 atom stereocenters. The maximum absolute atomic E-state index is 13.0. The third kappa shape index (κ3) is 3.67. The summed E-state index contributed by atoms with van der Waals surface area (Å²) in [7, 11) is 0. The van der Waals surface area contributed by atoms with Gasteiger partial charge in [-0.15, -0.1) is 0 Å². The predicted molar refractivity (Wildman–Crippen MR) is 105 cm³/mol. The third-order valence-electron chi connectivity index (χ3n) is 4.62. The van der Waals surface area contributed by atoms with Crippen LogP contribution in [0.3, 0.4) is 0 Å². The molecule has 0 saturated heterocycles. The van der Waals surface area contributed by atoms with E-state index < -0.39 is 0 Å². The summed E-state index contributed by atoms with van der Waals surface area (Å²) in [6.07, 6.45) is 1.47. The predicted octanol–water partition coefficient (Wildman–Crippen LogP) is 3.05. The molecular formula is C20H24N6O. The number of nitrogen functional groups attached to an aromatic ring is 1. The fourth-order valence-electron chi connectivity index (χ4n) is 3.37. The fraction of sp³-hybridized carbons (Fsp3) is 0.300. The fourth-order valence-corrected chi connectivity index (χ4v) is 3.37. The zero-order chi connectivity index (χ0) is 19.6. The maximum atomic E-state index is 13.0. The number of rotatable bonds is 5. The van der Waals surface area contributed by atoms with Crippen LogP contribution in [0.5, 0.6) is 0 Å². The molecule has 1 aromatic carbocycles. The van der Waals surface area contributed by atoms with E-state index in [0.717, 1.165) is 29.1 Å². The van der Waals surface area contributed by atoms with Gasteiger partial charge >= 0.3 is 0 Å². The minimum Gasteiger partial charge on any atom is -0.368 e. The molecule has 3 N–H and O–H groups in total. The highest BCUT2D eigenvalue weighted by molar-refractivity contribution is 6.00. The van der Waals surface area contributed by atoms with Gasteiger partial charge in [-0.3, -0.25) is 9.48 Å². The van der Waals surface area contributed by atoms with Crippen LogP contribution >= 0.6 is 0 Å². The van der Waals surface area contributed by atoms with Crippen molar-refractivity contribution in [1.29, 1.82) is 0 Å². The van der Waals surface area contributed by atoms with Crippen molar-refractivity contribution < 1.29 is 4.79 Å². The first-order valence-corrected chi connectivity index (χ1v) is 8.95. The van der Waals surface area contributed by atoms with Gasteiger partial charge in [-0.2, -0.15) is 5.10 Å². The quantitative estimate of drug-likeness (QED) is 0.725. The number of nitrogens with two attached hydrogens (primary N) is 1. The van der Waals surface area contributed by atoms with E-state index in [1.165, 1.54) is 6.20 Å². The second-order valence-corrected chi connectivity index (χ2v) is 6.45. The Bertz CT molecular complexity index is 964. The van der Waals surface area contributed by atoms with Crippen molar-refractivity contribution in [2.24, 2.45) is 0 Å². The Labute approximate surface area is 158 Å². The van der Waals surface area contributed by atoms with Crippen molar-refractivity contribution in [2.45, 2.75) is 40.3 Å². The van der Waals surface area contributed by atoms with Gasteiger partial charge in [-0.1, -0.05) is 30.3 Å². The van der Waals surface area contributed by atoms with E-state index in [1.807, 2.05) is 62.7 Å². The molecule has 1 amide bonds. The summed E-state index contributed by atoms with van der Waals surface area (Å²) in [4.78, 5) is 21.3. The number of nitrogens with zero attached hydrogens (tertiary/aromatic N) is 4. The standard InChI is InChI=1S/C20H24N6O/c1-5-26-14(4)17(13(3)25-26)12(2)23-19(27)16-11-22-20(21)24-18(16)15-9-7-6-8-10-15/h6-12H,5H2,1-4H3,(H,23,27)(H2,21,22,24)/t12-/m1/s1. The summed E-state index contributed by atoms with van der Waals surface area (Å²) in [6, 6.07) is 9.28. The van der Waals surface area contributed by atoms with Crippen LogP contribution in [-0.2, 0) is 6.54 Å². The zero-order valence-corrected chi connectivity index (χ0v) is 16.0. The van der Waals surface area contributed by atoms with Crippen LogP contribution in [0.15, 0.2) is 36.5 Å². The molecule has 0 aliphatic carbocycles. The normalized spacial score (nSPS) is 12.0. The smallest absolute Gasteiger partial charge is 0.255 e. The molecule has 0 fully saturated rings. The molecule has 2 heterocycles. The number of benzene rings is 1. The average molecular weight is 364 g/mol. The Morgan fingerprint density at radius 3 is 2.59 bits per heavy atom. The molecule has 0 unspecified atom stereocenters. The topological polar surface area (TPSA) is 98.7 Å². The van der Waals surface area contributed by atoms with Gasteiger partial charge in [0.05, 0.1) is 23.0 Å². The van der Waals surface area contributed by atoms with E-state index in [1.54, 1.807) is 0 Å². The Morgan fingerprint density at radius 1 is 1.26 bits per heavy atom. The number of carbonyl (C=O) groups is 1. The van der Waals surface area contributed by atoms with Crippen molar-refractivity contribution >= 4 is 11.9 Å². The molecule has 7 nitrogen and oxygen atoms in total. The summed E-state index contributed by atoms with van der Waals surface area (Å²) >= 11 is 0. The minimum absolute atomic E-state index is 0.134. The van der Waals surface area contributed by atoms with Crippen molar-refractivity contribution in [3.05, 3.63) is 59.0 Å². The third-order valence-corrected chi connectivity index (χ3v) is 4.62. The van der Waals surface area contributed by atoms with Crippen LogP contribution in [-0.4, -0.2) is 25.7 Å². The van der Waals surface area contributed by atoms with Crippen LogP contribution in [0.2, 0.25) is 0 Å². The number of carbonyl (C=O) groups excluding carboxylic acids is 1. The number of nitrogens with one attached hydrogen (secondary N) is 1. The summed E-state index contributed by atoms with van der Waals surface area (Å²) in [5.74, 6) is -0.112. The van der Waals surface area contributed by atoms with Crippen LogP contribution in [0.4, 0.5) is 5.95 Å². The Balaban J connectivity index is 1.92. The van der Waals surface area contributed by atoms with E-state index in [-0.39, 0.29) is 17.9 Å². The molecule has 0 spiro atoms. The Hall–Kier alpha value is -3.22. The number of amides is 1. The van der Waals surface area contributed by atoms with E-state index in [9.17, 15) is 4.79 Å². The van der Waals surface area contributed by atoms with Gasteiger partial charge in [0, 0.05) is 29.6 Å². The molecule has 140 valence electrons. The molecule has 2 aromatic heterocycles. The molecule has 27 heavy (non-hydrogen) atoms. The molecule has 0 aliphatic heterocycles. The van der Waals surface area contributed by atoms with Gasteiger partial charge in [0.25, 0.3) is 5.91 Å². The number of hydrogen-bond donors (Lipinski definition) is 2. The lowest BCUT2D eigenvalue weighted by atomic mass is 10.0. The molecule has 0 radical (unpaired) electrons. The average Bonchev–Trinajstić information content (AvgIpc) is 2.95. The summed E-state index contributed by atoms with van der Waals surface area (Å²) in [5, 5.41) is 7.58.